The Labute approximate surface area is 176 Å². The number of hydrogen-bond acceptors (Lipinski definition) is 3. The molecule has 0 saturated carbocycles. The van der Waals surface area contributed by atoms with Crippen molar-refractivity contribution in [2.24, 2.45) is 7.05 Å². The highest BCUT2D eigenvalue weighted by Gasteiger charge is 2.47. The van der Waals surface area contributed by atoms with E-state index in [9.17, 15) is 4.79 Å². The monoisotopic (exact) mass is 396 g/mol. The molecule has 2 heterocycles. The zero-order valence-corrected chi connectivity index (χ0v) is 17.1. The van der Waals surface area contributed by atoms with Gasteiger partial charge >= 0.3 is 5.97 Å². The first-order valence-electron chi connectivity index (χ1n) is 10.2. The third-order valence-electron chi connectivity index (χ3n) is 6.27. The SMILES string of the molecule is COC(=O)C1Cc2c(n(C)c3ccccc23)C(c2ccccc2)(c2ccccc2)N1. The Morgan fingerprint density at radius 3 is 2.10 bits per heavy atom. The smallest absolute Gasteiger partial charge is 0.323 e. The molecule has 1 aliphatic rings. The molecule has 0 aliphatic carbocycles. The Morgan fingerprint density at radius 1 is 0.933 bits per heavy atom. The number of hydrogen-bond donors (Lipinski definition) is 1. The third-order valence-corrected chi connectivity index (χ3v) is 6.27. The van der Waals surface area contributed by atoms with Crippen LogP contribution < -0.4 is 5.32 Å². The van der Waals surface area contributed by atoms with Gasteiger partial charge in [0.1, 0.15) is 11.6 Å². The lowest BCUT2D eigenvalue weighted by Gasteiger charge is -2.43. The second kappa shape index (κ2) is 7.15. The van der Waals surface area contributed by atoms with Crippen molar-refractivity contribution in [3.05, 3.63) is 107 Å². The number of para-hydroxylation sites is 1. The highest BCUT2D eigenvalue weighted by molar-refractivity contribution is 5.89. The molecule has 4 nitrogen and oxygen atoms in total. The zero-order valence-electron chi connectivity index (χ0n) is 17.1. The first-order chi connectivity index (χ1) is 14.7. The van der Waals surface area contributed by atoms with Crippen molar-refractivity contribution in [1.82, 2.24) is 9.88 Å². The van der Waals surface area contributed by atoms with Gasteiger partial charge in [-0.25, -0.2) is 0 Å². The number of nitrogens with zero attached hydrogens (tertiary/aromatic N) is 1. The van der Waals surface area contributed by atoms with E-state index in [-0.39, 0.29) is 5.97 Å². The predicted octanol–water partition coefficient (Wildman–Crippen LogP) is 4.16. The number of aromatic nitrogens is 1. The van der Waals surface area contributed by atoms with Crippen molar-refractivity contribution in [2.45, 2.75) is 18.0 Å². The molecule has 1 aromatic heterocycles. The lowest BCUT2D eigenvalue weighted by Crippen LogP contribution is -2.57. The fourth-order valence-corrected chi connectivity index (χ4v) is 5.01. The molecule has 30 heavy (non-hydrogen) atoms. The summed E-state index contributed by atoms with van der Waals surface area (Å²) in [6.07, 6.45) is 0.588. The van der Waals surface area contributed by atoms with Crippen molar-refractivity contribution < 1.29 is 9.53 Å². The standard InChI is InChI=1S/C26H24N2O2/c1-28-23-16-10-9-15-20(23)21-17-22(25(29)30-2)27-26(24(21)28,18-11-5-3-6-12-18)19-13-7-4-8-14-19/h3-16,22,27H,17H2,1-2H3. The van der Waals surface area contributed by atoms with Gasteiger partial charge in [0.25, 0.3) is 0 Å². The van der Waals surface area contributed by atoms with Crippen LogP contribution in [0.2, 0.25) is 0 Å². The van der Waals surface area contributed by atoms with Gasteiger partial charge in [0, 0.05) is 24.4 Å². The van der Waals surface area contributed by atoms with Crippen LogP contribution in [0.15, 0.2) is 84.9 Å². The van der Waals surface area contributed by atoms with Gasteiger partial charge in [-0.05, 0) is 22.8 Å². The van der Waals surface area contributed by atoms with Crippen LogP contribution in [0.5, 0.6) is 0 Å². The molecule has 3 aromatic carbocycles. The summed E-state index contributed by atoms with van der Waals surface area (Å²) in [4.78, 5) is 12.8. The highest BCUT2D eigenvalue weighted by Crippen LogP contribution is 2.45. The van der Waals surface area contributed by atoms with E-state index >= 15 is 0 Å². The molecule has 0 amide bonds. The van der Waals surface area contributed by atoms with Gasteiger partial charge in [0.2, 0.25) is 0 Å². The second-order valence-electron chi connectivity index (χ2n) is 7.81. The van der Waals surface area contributed by atoms with Crippen LogP contribution in [0.25, 0.3) is 10.9 Å². The maximum absolute atomic E-state index is 12.8. The number of aryl methyl sites for hydroxylation is 1. The van der Waals surface area contributed by atoms with Crippen LogP contribution in [-0.4, -0.2) is 23.7 Å². The second-order valence-corrected chi connectivity index (χ2v) is 7.81. The average Bonchev–Trinajstić information content (AvgIpc) is 3.11. The molecule has 1 N–H and O–H groups in total. The normalized spacial score (nSPS) is 17.5. The van der Waals surface area contributed by atoms with Gasteiger partial charge in [0.15, 0.2) is 0 Å². The van der Waals surface area contributed by atoms with E-state index in [1.165, 1.54) is 23.8 Å². The summed E-state index contributed by atoms with van der Waals surface area (Å²) in [5.41, 5.74) is 5.03. The predicted molar refractivity (Wildman–Crippen MR) is 118 cm³/mol. The van der Waals surface area contributed by atoms with E-state index in [2.05, 4.69) is 65.5 Å². The van der Waals surface area contributed by atoms with E-state index in [1.807, 2.05) is 36.4 Å². The molecule has 1 atom stereocenters. The lowest BCUT2D eigenvalue weighted by molar-refractivity contribution is -0.143. The topological polar surface area (TPSA) is 43.3 Å². The molecule has 5 rings (SSSR count). The van der Waals surface area contributed by atoms with Crippen molar-refractivity contribution in [1.29, 1.82) is 0 Å². The largest absolute Gasteiger partial charge is 0.468 e. The summed E-state index contributed by atoms with van der Waals surface area (Å²) in [5.74, 6) is -0.246. The van der Waals surface area contributed by atoms with Crippen molar-refractivity contribution in [2.75, 3.05) is 7.11 Å². The van der Waals surface area contributed by atoms with E-state index in [0.717, 1.165) is 16.6 Å². The number of nitrogens with one attached hydrogen (secondary N) is 1. The summed E-state index contributed by atoms with van der Waals surface area (Å²) in [6, 6.07) is 28.7. The zero-order chi connectivity index (χ0) is 20.7. The van der Waals surface area contributed by atoms with Gasteiger partial charge < -0.3 is 9.30 Å². The molecule has 0 fully saturated rings. The van der Waals surface area contributed by atoms with Crippen molar-refractivity contribution in [3.63, 3.8) is 0 Å². The maximum Gasteiger partial charge on any atom is 0.323 e. The number of rotatable bonds is 3. The fraction of sp³-hybridized carbons (Fsp3) is 0.192. The molecule has 150 valence electrons. The molecule has 4 aromatic rings. The van der Waals surface area contributed by atoms with E-state index in [4.69, 9.17) is 4.74 Å². The average molecular weight is 396 g/mol. The minimum absolute atomic E-state index is 0.246. The number of carbonyl (C=O) groups is 1. The Hall–Kier alpha value is -3.37. The van der Waals surface area contributed by atoms with Crippen LogP contribution in [0, 0.1) is 0 Å². The summed E-state index contributed by atoms with van der Waals surface area (Å²) >= 11 is 0. The van der Waals surface area contributed by atoms with Gasteiger partial charge in [-0.2, -0.15) is 0 Å². The molecule has 4 heteroatoms. The number of ether oxygens (including phenoxy) is 1. The van der Waals surface area contributed by atoms with Crippen LogP contribution >= 0.6 is 0 Å². The molecule has 0 spiro atoms. The summed E-state index contributed by atoms with van der Waals surface area (Å²) in [7, 11) is 3.57. The Kier molecular flexibility index (Phi) is 4.44. The minimum atomic E-state index is -0.678. The molecular formula is C26H24N2O2. The fourth-order valence-electron chi connectivity index (χ4n) is 5.01. The Balaban J connectivity index is 1.92. The van der Waals surface area contributed by atoms with Crippen LogP contribution in [0.4, 0.5) is 0 Å². The Morgan fingerprint density at radius 2 is 1.50 bits per heavy atom. The highest BCUT2D eigenvalue weighted by atomic mass is 16.5. The quantitative estimate of drug-likeness (QED) is 0.529. The summed E-state index contributed by atoms with van der Waals surface area (Å²) in [5, 5.41) is 4.89. The number of benzene rings is 3. The van der Waals surface area contributed by atoms with Gasteiger partial charge in [-0.3, -0.25) is 10.1 Å². The molecule has 0 bridgehead atoms. The molecule has 1 aliphatic heterocycles. The molecule has 1 unspecified atom stereocenters. The maximum atomic E-state index is 12.8. The van der Waals surface area contributed by atoms with Gasteiger partial charge in [-0.15, -0.1) is 0 Å². The van der Waals surface area contributed by atoms with E-state index in [1.54, 1.807) is 0 Å². The van der Waals surface area contributed by atoms with E-state index in [0.29, 0.717) is 6.42 Å². The third kappa shape index (κ3) is 2.61. The van der Waals surface area contributed by atoms with Crippen molar-refractivity contribution >= 4 is 16.9 Å². The first-order valence-corrected chi connectivity index (χ1v) is 10.2. The number of esters is 1. The minimum Gasteiger partial charge on any atom is -0.468 e. The van der Waals surface area contributed by atoms with Crippen molar-refractivity contribution in [3.8, 4) is 0 Å². The van der Waals surface area contributed by atoms with Gasteiger partial charge in [0.05, 0.1) is 12.8 Å². The van der Waals surface area contributed by atoms with Gasteiger partial charge in [-0.1, -0.05) is 78.9 Å². The first kappa shape index (κ1) is 18.6. The number of methoxy groups -OCH3 is 1. The molecular weight excluding hydrogens is 372 g/mol. The number of carbonyl (C=O) groups excluding carboxylic acids is 1. The van der Waals surface area contributed by atoms with Crippen LogP contribution in [0.3, 0.4) is 0 Å². The molecule has 0 saturated heterocycles. The lowest BCUT2D eigenvalue weighted by atomic mass is 9.74. The Bertz CT molecular complexity index is 1170. The molecule has 0 radical (unpaired) electrons. The van der Waals surface area contributed by atoms with Crippen LogP contribution in [0.1, 0.15) is 22.4 Å². The van der Waals surface area contributed by atoms with Crippen LogP contribution in [-0.2, 0) is 28.5 Å². The van der Waals surface area contributed by atoms with E-state index < -0.39 is 11.6 Å². The summed E-state index contributed by atoms with van der Waals surface area (Å²) in [6.45, 7) is 0. The number of fused-ring (bicyclic) bond motifs is 3. The summed E-state index contributed by atoms with van der Waals surface area (Å²) < 4.78 is 7.45.